The van der Waals surface area contributed by atoms with Crippen LogP contribution in [0.2, 0.25) is 0 Å². The summed E-state index contributed by atoms with van der Waals surface area (Å²) in [6.45, 7) is 1.76. The summed E-state index contributed by atoms with van der Waals surface area (Å²) in [4.78, 5) is 35.9. The van der Waals surface area contributed by atoms with Crippen LogP contribution in [0.3, 0.4) is 0 Å². The molecule has 0 aromatic carbocycles. The first kappa shape index (κ1) is 16.0. The Balaban J connectivity index is 2.09. The summed E-state index contributed by atoms with van der Waals surface area (Å²) in [7, 11) is 0. The van der Waals surface area contributed by atoms with Crippen LogP contribution in [0.25, 0.3) is 21.7 Å². The lowest BCUT2D eigenvalue weighted by atomic mass is 10.1. The second kappa shape index (κ2) is 6.07. The molecule has 0 amide bonds. The van der Waals surface area contributed by atoms with Crippen LogP contribution in [0.4, 0.5) is 0 Å². The number of nitrogens with zero attached hydrogens (tertiary/aromatic N) is 3. The van der Waals surface area contributed by atoms with E-state index in [2.05, 4.69) is 9.97 Å². The van der Waals surface area contributed by atoms with E-state index in [1.165, 1.54) is 9.44 Å². The largest absolute Gasteiger partial charge is 0.480 e. The molecule has 0 radical (unpaired) electrons. The first-order chi connectivity index (χ1) is 12.1. The third-order valence-electron chi connectivity index (χ3n) is 4.65. The summed E-state index contributed by atoms with van der Waals surface area (Å²) in [5.74, 6) is -0.706. The van der Waals surface area contributed by atoms with Crippen LogP contribution in [-0.4, -0.2) is 25.6 Å². The molecule has 1 aliphatic carbocycles. The van der Waals surface area contributed by atoms with Gasteiger partial charge in [-0.15, -0.1) is 11.3 Å². The second-order valence-corrected chi connectivity index (χ2v) is 7.21. The molecule has 0 saturated heterocycles. The fourth-order valence-electron chi connectivity index (χ4n) is 3.49. The maximum atomic E-state index is 13.3. The van der Waals surface area contributed by atoms with E-state index in [4.69, 9.17) is 0 Å². The third kappa shape index (κ3) is 2.46. The monoisotopic (exact) mass is 355 g/mol. The van der Waals surface area contributed by atoms with Crippen LogP contribution in [0, 0.1) is 0 Å². The summed E-state index contributed by atoms with van der Waals surface area (Å²) < 4.78 is 1.32. The molecule has 4 rings (SSSR count). The van der Waals surface area contributed by atoms with E-state index < -0.39 is 12.0 Å². The van der Waals surface area contributed by atoms with Crippen LogP contribution in [0.1, 0.15) is 36.2 Å². The Morgan fingerprint density at radius 2 is 2.24 bits per heavy atom. The second-order valence-electron chi connectivity index (χ2n) is 6.13. The average Bonchev–Trinajstić information content (AvgIpc) is 3.18. The Morgan fingerprint density at radius 1 is 1.40 bits per heavy atom. The molecule has 3 aromatic rings. The van der Waals surface area contributed by atoms with Crippen LogP contribution < -0.4 is 5.56 Å². The molecule has 0 aliphatic heterocycles. The van der Waals surface area contributed by atoms with E-state index in [0.29, 0.717) is 28.2 Å². The van der Waals surface area contributed by atoms with Crippen LogP contribution in [0.15, 0.2) is 29.2 Å². The van der Waals surface area contributed by atoms with Gasteiger partial charge >= 0.3 is 5.97 Å². The van der Waals surface area contributed by atoms with Crippen molar-refractivity contribution in [2.45, 2.75) is 38.6 Å². The molecule has 1 atom stereocenters. The normalized spacial score (nSPS) is 14.6. The highest BCUT2D eigenvalue weighted by Crippen LogP contribution is 2.36. The van der Waals surface area contributed by atoms with Gasteiger partial charge in [-0.25, -0.2) is 9.78 Å². The van der Waals surface area contributed by atoms with E-state index in [9.17, 15) is 14.7 Å². The van der Waals surface area contributed by atoms with Crippen molar-refractivity contribution < 1.29 is 9.90 Å². The maximum Gasteiger partial charge on any atom is 0.326 e. The topological polar surface area (TPSA) is 85.1 Å². The fourth-order valence-corrected chi connectivity index (χ4v) is 4.74. The maximum absolute atomic E-state index is 13.3. The van der Waals surface area contributed by atoms with Gasteiger partial charge < -0.3 is 5.11 Å². The molecule has 128 valence electrons. The number of carboxylic acids is 1. The number of aromatic nitrogens is 3. The predicted molar refractivity (Wildman–Crippen MR) is 96.1 cm³/mol. The number of carboxylic acid groups (broad SMARTS) is 1. The Kier molecular flexibility index (Phi) is 3.88. The van der Waals surface area contributed by atoms with Crippen molar-refractivity contribution in [3.63, 3.8) is 0 Å². The third-order valence-corrected chi connectivity index (χ3v) is 5.83. The van der Waals surface area contributed by atoms with Crippen molar-refractivity contribution in [2.24, 2.45) is 0 Å². The quantitative estimate of drug-likeness (QED) is 0.777. The van der Waals surface area contributed by atoms with Gasteiger partial charge in [-0.2, -0.15) is 0 Å². The summed E-state index contributed by atoms with van der Waals surface area (Å²) in [6, 6.07) is 4.37. The van der Waals surface area contributed by atoms with Gasteiger partial charge in [0.05, 0.1) is 5.39 Å². The van der Waals surface area contributed by atoms with Gasteiger partial charge in [0.2, 0.25) is 0 Å². The minimum Gasteiger partial charge on any atom is -0.480 e. The number of thiophene rings is 1. The Bertz CT molecular complexity index is 1020. The van der Waals surface area contributed by atoms with Crippen molar-refractivity contribution in [3.05, 3.63) is 45.2 Å². The van der Waals surface area contributed by atoms with Crippen molar-refractivity contribution in [3.8, 4) is 11.5 Å². The average molecular weight is 355 g/mol. The van der Waals surface area contributed by atoms with Crippen molar-refractivity contribution in [1.82, 2.24) is 14.5 Å². The molecule has 6 nitrogen and oxygen atoms in total. The lowest BCUT2D eigenvalue weighted by molar-refractivity contribution is -0.141. The summed E-state index contributed by atoms with van der Waals surface area (Å²) in [6.07, 6.45) is 4.78. The van der Waals surface area contributed by atoms with Crippen molar-refractivity contribution in [1.29, 1.82) is 0 Å². The Labute approximate surface area is 147 Å². The van der Waals surface area contributed by atoms with Gasteiger partial charge in [-0.05, 0) is 43.4 Å². The lowest BCUT2D eigenvalue weighted by Crippen LogP contribution is -2.32. The van der Waals surface area contributed by atoms with E-state index in [1.54, 1.807) is 42.7 Å². The minimum atomic E-state index is -1.03. The number of fused-ring (bicyclic) bond motifs is 3. The Morgan fingerprint density at radius 3 is 2.92 bits per heavy atom. The SMILES string of the molecule is CCC(C(=O)O)n1c(-c2ccccn2)nc2sc3c(c2c1=O)CCC3. The van der Waals surface area contributed by atoms with Crippen molar-refractivity contribution >= 4 is 27.5 Å². The fraction of sp³-hybridized carbons (Fsp3) is 0.333. The zero-order chi connectivity index (χ0) is 17.6. The number of carbonyl (C=O) groups is 1. The first-order valence-electron chi connectivity index (χ1n) is 8.32. The molecule has 7 heteroatoms. The number of hydrogen-bond donors (Lipinski definition) is 1. The summed E-state index contributed by atoms with van der Waals surface area (Å²) in [5, 5.41) is 10.2. The molecule has 0 saturated carbocycles. The molecule has 1 aliphatic rings. The van der Waals surface area contributed by atoms with Crippen LogP contribution in [0.5, 0.6) is 0 Å². The van der Waals surface area contributed by atoms with Gasteiger partial charge in [-0.1, -0.05) is 13.0 Å². The standard InChI is InChI=1S/C18H17N3O3S/c1-2-12(18(23)24)21-15(11-7-3-4-9-19-11)20-16-14(17(21)22)10-6-5-8-13(10)25-16/h3-4,7,9,12H,2,5-6,8H2,1H3,(H,23,24). The highest BCUT2D eigenvalue weighted by molar-refractivity contribution is 7.18. The Hall–Kier alpha value is -2.54. The van der Waals surface area contributed by atoms with Crippen LogP contribution >= 0.6 is 11.3 Å². The first-order valence-corrected chi connectivity index (χ1v) is 9.14. The zero-order valence-corrected chi connectivity index (χ0v) is 14.5. The molecule has 3 heterocycles. The number of rotatable bonds is 4. The molecule has 0 spiro atoms. The summed E-state index contributed by atoms with van der Waals surface area (Å²) >= 11 is 1.55. The van der Waals surface area contributed by atoms with Gasteiger partial charge in [-0.3, -0.25) is 14.3 Å². The summed E-state index contributed by atoms with van der Waals surface area (Å²) in [5.41, 5.74) is 1.30. The number of pyridine rings is 1. The number of aryl methyl sites for hydroxylation is 2. The zero-order valence-electron chi connectivity index (χ0n) is 13.7. The van der Waals surface area contributed by atoms with Gasteiger partial charge in [0.15, 0.2) is 5.82 Å². The molecule has 25 heavy (non-hydrogen) atoms. The molecular weight excluding hydrogens is 338 g/mol. The lowest BCUT2D eigenvalue weighted by Gasteiger charge is -2.18. The van der Waals surface area contributed by atoms with Gasteiger partial charge in [0.1, 0.15) is 16.6 Å². The number of aliphatic carboxylic acids is 1. The highest BCUT2D eigenvalue weighted by Gasteiger charge is 2.28. The molecule has 1 unspecified atom stereocenters. The highest BCUT2D eigenvalue weighted by atomic mass is 32.1. The molecule has 3 aromatic heterocycles. The molecule has 0 bridgehead atoms. The van der Waals surface area contributed by atoms with Gasteiger partial charge in [0.25, 0.3) is 5.56 Å². The molecular formula is C18H17N3O3S. The van der Waals surface area contributed by atoms with E-state index in [-0.39, 0.29) is 5.56 Å². The molecule has 0 fully saturated rings. The van der Waals surface area contributed by atoms with Gasteiger partial charge in [0, 0.05) is 11.1 Å². The molecule has 1 N–H and O–H groups in total. The van der Waals surface area contributed by atoms with E-state index in [0.717, 1.165) is 24.8 Å². The predicted octanol–water partition coefficient (Wildman–Crippen LogP) is 3.04. The number of hydrogen-bond acceptors (Lipinski definition) is 5. The smallest absolute Gasteiger partial charge is 0.326 e. The van der Waals surface area contributed by atoms with Crippen LogP contribution in [-0.2, 0) is 17.6 Å². The van der Waals surface area contributed by atoms with Crippen molar-refractivity contribution in [2.75, 3.05) is 0 Å². The van der Waals surface area contributed by atoms with E-state index in [1.807, 2.05) is 0 Å². The van der Waals surface area contributed by atoms with E-state index >= 15 is 0 Å². The minimum absolute atomic E-state index is 0.265.